The van der Waals surface area contributed by atoms with Gasteiger partial charge in [0.2, 0.25) is 11.8 Å². The van der Waals surface area contributed by atoms with E-state index in [4.69, 9.17) is 8.94 Å². The number of rotatable bonds is 4. The second-order valence-corrected chi connectivity index (χ2v) is 5.97. The first-order chi connectivity index (χ1) is 10.1. The van der Waals surface area contributed by atoms with Crippen molar-refractivity contribution in [3.63, 3.8) is 0 Å². The van der Waals surface area contributed by atoms with Gasteiger partial charge in [0.15, 0.2) is 5.82 Å². The molecule has 3 rings (SSSR count). The number of aromatic nitrogens is 4. The third-order valence-electron chi connectivity index (χ3n) is 2.87. The standard InChI is InChI=1S/C14H14N4O2S/c1-8-4-6-11(7-5-8)13-16-17-14(19-13)21-9(2)12-15-10(3)18-20-12/h4-7,9H,1-3H3. The first-order valence-corrected chi connectivity index (χ1v) is 7.37. The molecule has 0 spiro atoms. The Morgan fingerprint density at radius 1 is 1.10 bits per heavy atom. The summed E-state index contributed by atoms with van der Waals surface area (Å²) >= 11 is 1.39. The molecule has 0 fully saturated rings. The largest absolute Gasteiger partial charge is 0.411 e. The lowest BCUT2D eigenvalue weighted by Crippen LogP contribution is -1.88. The highest BCUT2D eigenvalue weighted by Crippen LogP contribution is 2.34. The molecule has 0 aliphatic rings. The van der Waals surface area contributed by atoms with Crippen molar-refractivity contribution in [2.24, 2.45) is 0 Å². The predicted octanol–water partition coefficient (Wildman–Crippen LogP) is 3.59. The molecule has 0 aliphatic heterocycles. The summed E-state index contributed by atoms with van der Waals surface area (Å²) in [6, 6.07) is 7.94. The van der Waals surface area contributed by atoms with Crippen LogP contribution in [0, 0.1) is 13.8 Å². The summed E-state index contributed by atoms with van der Waals surface area (Å²) in [6.07, 6.45) is 0. The van der Waals surface area contributed by atoms with Crippen molar-refractivity contribution < 1.29 is 8.94 Å². The van der Waals surface area contributed by atoms with E-state index in [1.54, 1.807) is 6.92 Å². The van der Waals surface area contributed by atoms with Crippen molar-refractivity contribution in [3.8, 4) is 11.5 Å². The molecule has 21 heavy (non-hydrogen) atoms. The van der Waals surface area contributed by atoms with E-state index in [1.807, 2.05) is 38.1 Å². The maximum Gasteiger partial charge on any atom is 0.277 e. The SMILES string of the molecule is Cc1ccc(-c2nnc(SC(C)c3nc(C)no3)o2)cc1. The van der Waals surface area contributed by atoms with Crippen LogP contribution in [0.25, 0.3) is 11.5 Å². The lowest BCUT2D eigenvalue weighted by molar-refractivity contribution is 0.375. The zero-order chi connectivity index (χ0) is 14.8. The number of aryl methyl sites for hydroxylation is 2. The zero-order valence-corrected chi connectivity index (χ0v) is 12.7. The second kappa shape index (κ2) is 5.69. The minimum atomic E-state index is -0.0440. The molecule has 2 heterocycles. The van der Waals surface area contributed by atoms with Crippen LogP contribution in [0.2, 0.25) is 0 Å². The molecule has 3 aromatic rings. The third kappa shape index (κ3) is 3.13. The normalized spacial score (nSPS) is 12.5. The van der Waals surface area contributed by atoms with Gasteiger partial charge in [0, 0.05) is 5.56 Å². The molecule has 0 bridgehead atoms. The van der Waals surface area contributed by atoms with Gasteiger partial charge < -0.3 is 8.94 Å². The number of nitrogens with zero attached hydrogens (tertiary/aromatic N) is 4. The van der Waals surface area contributed by atoms with Crippen LogP contribution in [0.4, 0.5) is 0 Å². The number of hydrogen-bond donors (Lipinski definition) is 0. The predicted molar refractivity (Wildman–Crippen MR) is 77.8 cm³/mol. The molecule has 6 nitrogen and oxygen atoms in total. The Hall–Kier alpha value is -2.15. The fourth-order valence-corrected chi connectivity index (χ4v) is 2.46. The zero-order valence-electron chi connectivity index (χ0n) is 11.9. The van der Waals surface area contributed by atoms with Gasteiger partial charge in [-0.05, 0) is 32.9 Å². The van der Waals surface area contributed by atoms with E-state index < -0.39 is 0 Å². The van der Waals surface area contributed by atoms with Crippen molar-refractivity contribution in [2.75, 3.05) is 0 Å². The molecule has 0 N–H and O–H groups in total. The molecule has 7 heteroatoms. The maximum atomic E-state index is 5.66. The van der Waals surface area contributed by atoms with Crippen molar-refractivity contribution in [3.05, 3.63) is 41.5 Å². The van der Waals surface area contributed by atoms with Gasteiger partial charge in [-0.1, -0.05) is 34.6 Å². The van der Waals surface area contributed by atoms with Gasteiger partial charge in [-0.15, -0.1) is 10.2 Å². The van der Waals surface area contributed by atoms with E-state index in [1.165, 1.54) is 17.3 Å². The number of thioether (sulfide) groups is 1. The van der Waals surface area contributed by atoms with Crippen molar-refractivity contribution in [2.45, 2.75) is 31.2 Å². The molecule has 0 radical (unpaired) electrons. The first-order valence-electron chi connectivity index (χ1n) is 6.49. The van der Waals surface area contributed by atoms with Crippen LogP contribution >= 0.6 is 11.8 Å². The molecular formula is C14H14N4O2S. The van der Waals surface area contributed by atoms with E-state index in [0.717, 1.165) is 5.56 Å². The average Bonchev–Trinajstić information content (AvgIpc) is 3.09. The van der Waals surface area contributed by atoms with E-state index in [9.17, 15) is 0 Å². The highest BCUT2D eigenvalue weighted by Gasteiger charge is 2.18. The van der Waals surface area contributed by atoms with Crippen LogP contribution < -0.4 is 0 Å². The summed E-state index contributed by atoms with van der Waals surface area (Å²) in [6.45, 7) is 5.77. The van der Waals surface area contributed by atoms with E-state index in [2.05, 4.69) is 20.3 Å². The Kier molecular flexibility index (Phi) is 3.74. The van der Waals surface area contributed by atoms with E-state index in [-0.39, 0.29) is 5.25 Å². The topological polar surface area (TPSA) is 77.8 Å². The molecular weight excluding hydrogens is 288 g/mol. The van der Waals surface area contributed by atoms with Gasteiger partial charge in [0.25, 0.3) is 5.22 Å². The van der Waals surface area contributed by atoms with Gasteiger partial charge in [-0.2, -0.15) is 4.98 Å². The fraction of sp³-hybridized carbons (Fsp3) is 0.286. The summed E-state index contributed by atoms with van der Waals surface area (Å²) in [5.41, 5.74) is 2.09. The quantitative estimate of drug-likeness (QED) is 0.681. The molecule has 0 saturated heterocycles. The highest BCUT2D eigenvalue weighted by molar-refractivity contribution is 7.99. The Balaban J connectivity index is 1.74. The summed E-state index contributed by atoms with van der Waals surface area (Å²) in [7, 11) is 0. The third-order valence-corrected chi connectivity index (χ3v) is 3.80. The fourth-order valence-electron chi connectivity index (χ4n) is 1.75. The smallest absolute Gasteiger partial charge is 0.277 e. The van der Waals surface area contributed by atoms with Crippen molar-refractivity contribution >= 4 is 11.8 Å². The maximum absolute atomic E-state index is 5.66. The molecule has 0 amide bonds. The summed E-state index contributed by atoms with van der Waals surface area (Å²) in [5, 5.41) is 12.3. The molecule has 1 aromatic carbocycles. The minimum absolute atomic E-state index is 0.0440. The number of hydrogen-bond acceptors (Lipinski definition) is 7. The Morgan fingerprint density at radius 3 is 2.52 bits per heavy atom. The van der Waals surface area contributed by atoms with E-state index >= 15 is 0 Å². The number of benzene rings is 1. The monoisotopic (exact) mass is 302 g/mol. The Morgan fingerprint density at radius 2 is 1.86 bits per heavy atom. The van der Waals surface area contributed by atoms with E-state index in [0.29, 0.717) is 22.8 Å². The van der Waals surface area contributed by atoms with Crippen LogP contribution in [-0.4, -0.2) is 20.3 Å². The Bertz CT molecular complexity index is 736. The lowest BCUT2D eigenvalue weighted by atomic mass is 10.1. The summed E-state index contributed by atoms with van der Waals surface area (Å²) in [5.74, 6) is 1.67. The highest BCUT2D eigenvalue weighted by atomic mass is 32.2. The van der Waals surface area contributed by atoms with Gasteiger partial charge in [-0.25, -0.2) is 0 Å². The van der Waals surface area contributed by atoms with Crippen LogP contribution in [0.5, 0.6) is 0 Å². The van der Waals surface area contributed by atoms with Crippen LogP contribution in [0.3, 0.4) is 0 Å². The van der Waals surface area contributed by atoms with Crippen LogP contribution in [0.1, 0.15) is 29.5 Å². The van der Waals surface area contributed by atoms with Gasteiger partial charge in [-0.3, -0.25) is 0 Å². The summed E-state index contributed by atoms with van der Waals surface area (Å²) in [4.78, 5) is 4.19. The molecule has 0 saturated carbocycles. The molecule has 108 valence electrons. The minimum Gasteiger partial charge on any atom is -0.411 e. The molecule has 2 aromatic heterocycles. The molecule has 1 atom stereocenters. The van der Waals surface area contributed by atoms with Crippen LogP contribution in [-0.2, 0) is 0 Å². The van der Waals surface area contributed by atoms with Gasteiger partial charge in [0.05, 0.1) is 5.25 Å². The summed E-state index contributed by atoms with van der Waals surface area (Å²) < 4.78 is 10.8. The second-order valence-electron chi connectivity index (χ2n) is 4.68. The van der Waals surface area contributed by atoms with Crippen molar-refractivity contribution in [1.29, 1.82) is 0 Å². The molecule has 0 aliphatic carbocycles. The van der Waals surface area contributed by atoms with Crippen LogP contribution in [0.15, 0.2) is 38.4 Å². The average molecular weight is 302 g/mol. The van der Waals surface area contributed by atoms with Gasteiger partial charge >= 0.3 is 0 Å². The van der Waals surface area contributed by atoms with Crippen molar-refractivity contribution in [1.82, 2.24) is 20.3 Å². The molecule has 1 unspecified atom stereocenters. The lowest BCUT2D eigenvalue weighted by Gasteiger charge is -2.00. The van der Waals surface area contributed by atoms with Gasteiger partial charge in [0.1, 0.15) is 0 Å². The first kappa shape index (κ1) is 13.8. The Labute approximate surface area is 126 Å².